The van der Waals surface area contributed by atoms with Gasteiger partial charge in [-0.1, -0.05) is 30.3 Å². The van der Waals surface area contributed by atoms with Gasteiger partial charge in [0.25, 0.3) is 0 Å². The van der Waals surface area contributed by atoms with Gasteiger partial charge >= 0.3 is 6.18 Å². The zero-order valence-electron chi connectivity index (χ0n) is 10.2. The summed E-state index contributed by atoms with van der Waals surface area (Å²) in [5.41, 5.74) is 1.13. The van der Waals surface area contributed by atoms with E-state index < -0.39 is 11.7 Å². The number of rotatable bonds is 1. The third-order valence-electron chi connectivity index (χ3n) is 2.94. The molecule has 0 amide bonds. The summed E-state index contributed by atoms with van der Waals surface area (Å²) in [6.07, 6.45) is -3.58. The van der Waals surface area contributed by atoms with E-state index in [1.54, 1.807) is 12.1 Å². The van der Waals surface area contributed by atoms with E-state index in [1.807, 2.05) is 30.3 Å². The predicted octanol–water partition coefficient (Wildman–Crippen LogP) is 4.32. The lowest BCUT2D eigenvalue weighted by Crippen LogP contribution is -2.05. The van der Waals surface area contributed by atoms with E-state index in [1.165, 1.54) is 0 Å². The second-order valence-corrected chi connectivity index (χ2v) is 4.33. The molecule has 0 aliphatic rings. The molecule has 1 aromatic carbocycles. The first-order valence-electron chi connectivity index (χ1n) is 5.93. The summed E-state index contributed by atoms with van der Waals surface area (Å²) in [4.78, 5) is 8.09. The molecule has 0 atom stereocenters. The lowest BCUT2D eigenvalue weighted by molar-refractivity contribution is -0.137. The maximum atomic E-state index is 12.6. The smallest absolute Gasteiger partial charge is 0.236 e. The molecule has 0 bridgehead atoms. The first-order chi connectivity index (χ1) is 9.54. The molecule has 100 valence electrons. The molecule has 0 radical (unpaired) electrons. The number of halogens is 3. The summed E-state index contributed by atoms with van der Waals surface area (Å²) >= 11 is 0. The minimum absolute atomic E-state index is 0.305. The molecule has 0 N–H and O–H groups in total. The van der Waals surface area contributed by atoms with Crippen LogP contribution in [0.2, 0.25) is 0 Å². The third kappa shape index (κ3) is 2.34. The van der Waals surface area contributed by atoms with Gasteiger partial charge in [0.1, 0.15) is 0 Å². The second kappa shape index (κ2) is 4.59. The molecule has 2 nitrogen and oxygen atoms in total. The monoisotopic (exact) mass is 274 g/mol. The van der Waals surface area contributed by atoms with Crippen molar-refractivity contribution < 1.29 is 13.2 Å². The minimum atomic E-state index is -4.39. The molecule has 0 unspecified atom stereocenters. The number of aromatic nitrogens is 2. The van der Waals surface area contributed by atoms with Crippen LogP contribution in [0.1, 0.15) is 5.56 Å². The van der Waals surface area contributed by atoms with Crippen LogP contribution < -0.4 is 0 Å². The molecule has 0 aliphatic carbocycles. The van der Waals surface area contributed by atoms with Gasteiger partial charge in [-0.3, -0.25) is 0 Å². The van der Waals surface area contributed by atoms with E-state index in [9.17, 15) is 13.2 Å². The fourth-order valence-corrected chi connectivity index (χ4v) is 1.94. The Morgan fingerprint density at radius 1 is 0.900 bits per heavy atom. The molecule has 20 heavy (non-hydrogen) atoms. The number of fused-ring (bicyclic) bond motifs is 1. The highest BCUT2D eigenvalue weighted by molar-refractivity contribution is 5.78. The van der Waals surface area contributed by atoms with Crippen LogP contribution in [0, 0.1) is 0 Å². The summed E-state index contributed by atoms with van der Waals surface area (Å²) in [5.74, 6) is 0. The normalized spacial score (nSPS) is 11.8. The molecule has 3 rings (SSSR count). The van der Waals surface area contributed by atoms with Crippen LogP contribution in [-0.2, 0) is 6.18 Å². The first kappa shape index (κ1) is 12.6. The van der Waals surface area contributed by atoms with Crippen molar-refractivity contribution in [1.29, 1.82) is 0 Å². The van der Waals surface area contributed by atoms with Gasteiger partial charge < -0.3 is 0 Å². The first-order valence-corrected chi connectivity index (χ1v) is 5.93. The van der Waals surface area contributed by atoms with Crippen LogP contribution >= 0.6 is 0 Å². The number of hydrogen-bond acceptors (Lipinski definition) is 2. The average Bonchev–Trinajstić information content (AvgIpc) is 2.46. The highest BCUT2D eigenvalue weighted by atomic mass is 19.4. The van der Waals surface area contributed by atoms with Gasteiger partial charge in [-0.05, 0) is 18.2 Å². The van der Waals surface area contributed by atoms with Crippen molar-refractivity contribution in [2.75, 3.05) is 0 Å². The Balaban J connectivity index is 2.10. The SMILES string of the molecule is FC(F)(F)c1cnc2nc(-c3ccccc3)ccc2c1. The zero-order chi connectivity index (χ0) is 14.2. The van der Waals surface area contributed by atoms with Crippen LogP contribution in [0.4, 0.5) is 13.2 Å². The Kier molecular flexibility index (Phi) is 2.89. The van der Waals surface area contributed by atoms with Gasteiger partial charge in [-0.2, -0.15) is 13.2 Å². The van der Waals surface area contributed by atoms with Gasteiger partial charge in [0.2, 0.25) is 0 Å². The maximum Gasteiger partial charge on any atom is 0.417 e. The number of benzene rings is 1. The van der Waals surface area contributed by atoms with Gasteiger partial charge in [0, 0.05) is 17.1 Å². The van der Waals surface area contributed by atoms with Crippen molar-refractivity contribution in [3.63, 3.8) is 0 Å². The standard InChI is InChI=1S/C15H9F3N2/c16-15(17,18)12-8-11-6-7-13(20-14(11)19-9-12)10-4-2-1-3-5-10/h1-9H. The molecular weight excluding hydrogens is 265 g/mol. The fourth-order valence-electron chi connectivity index (χ4n) is 1.94. The quantitative estimate of drug-likeness (QED) is 0.660. The van der Waals surface area contributed by atoms with E-state index in [2.05, 4.69) is 9.97 Å². The summed E-state index contributed by atoms with van der Waals surface area (Å²) in [5, 5.41) is 0.375. The molecule has 0 saturated carbocycles. The van der Waals surface area contributed by atoms with E-state index in [0.29, 0.717) is 16.7 Å². The summed E-state index contributed by atoms with van der Waals surface area (Å²) in [6, 6.07) is 13.8. The van der Waals surface area contributed by atoms with E-state index in [4.69, 9.17) is 0 Å². The topological polar surface area (TPSA) is 25.8 Å². The Morgan fingerprint density at radius 2 is 1.65 bits per heavy atom. The van der Waals surface area contributed by atoms with E-state index >= 15 is 0 Å². The zero-order valence-corrected chi connectivity index (χ0v) is 10.2. The molecule has 0 spiro atoms. The summed E-state index contributed by atoms with van der Waals surface area (Å²) < 4.78 is 37.8. The van der Waals surface area contributed by atoms with Crippen molar-refractivity contribution in [1.82, 2.24) is 9.97 Å². The largest absolute Gasteiger partial charge is 0.417 e. The van der Waals surface area contributed by atoms with Crippen molar-refractivity contribution in [2.24, 2.45) is 0 Å². The lowest BCUT2D eigenvalue weighted by Gasteiger charge is -2.07. The highest BCUT2D eigenvalue weighted by Crippen LogP contribution is 2.30. The van der Waals surface area contributed by atoms with E-state index in [0.717, 1.165) is 17.8 Å². The molecule has 0 fully saturated rings. The Bertz CT molecular complexity index is 752. The highest BCUT2D eigenvalue weighted by Gasteiger charge is 2.31. The Labute approximate surface area is 112 Å². The van der Waals surface area contributed by atoms with Crippen LogP contribution in [0.15, 0.2) is 54.7 Å². The molecule has 3 aromatic rings. The molecule has 2 aromatic heterocycles. The van der Waals surface area contributed by atoms with Crippen LogP contribution in [0.25, 0.3) is 22.3 Å². The third-order valence-corrected chi connectivity index (χ3v) is 2.94. The maximum absolute atomic E-state index is 12.6. The number of pyridine rings is 2. The fraction of sp³-hybridized carbons (Fsp3) is 0.0667. The molecule has 5 heteroatoms. The Hall–Kier alpha value is -2.43. The van der Waals surface area contributed by atoms with Crippen molar-refractivity contribution in [3.8, 4) is 11.3 Å². The van der Waals surface area contributed by atoms with Crippen molar-refractivity contribution in [3.05, 3.63) is 60.3 Å². The lowest BCUT2D eigenvalue weighted by atomic mass is 10.1. The number of alkyl halides is 3. The van der Waals surface area contributed by atoms with Crippen molar-refractivity contribution >= 4 is 11.0 Å². The minimum Gasteiger partial charge on any atom is -0.236 e. The van der Waals surface area contributed by atoms with Crippen LogP contribution in [-0.4, -0.2) is 9.97 Å². The molecule has 0 saturated heterocycles. The van der Waals surface area contributed by atoms with Gasteiger partial charge in [0.05, 0.1) is 11.3 Å². The molecule has 2 heterocycles. The van der Waals surface area contributed by atoms with Gasteiger partial charge in [-0.15, -0.1) is 0 Å². The van der Waals surface area contributed by atoms with Crippen LogP contribution in [0.5, 0.6) is 0 Å². The summed E-state index contributed by atoms with van der Waals surface area (Å²) in [7, 11) is 0. The van der Waals surface area contributed by atoms with Gasteiger partial charge in [-0.25, -0.2) is 9.97 Å². The summed E-state index contributed by atoms with van der Waals surface area (Å²) in [6.45, 7) is 0. The predicted molar refractivity (Wildman–Crippen MR) is 70.0 cm³/mol. The number of hydrogen-bond donors (Lipinski definition) is 0. The molecular formula is C15H9F3N2. The van der Waals surface area contributed by atoms with Crippen molar-refractivity contribution in [2.45, 2.75) is 6.18 Å². The van der Waals surface area contributed by atoms with Crippen LogP contribution in [0.3, 0.4) is 0 Å². The second-order valence-electron chi connectivity index (χ2n) is 4.33. The molecule has 0 aliphatic heterocycles. The van der Waals surface area contributed by atoms with E-state index in [-0.39, 0.29) is 0 Å². The average molecular weight is 274 g/mol. The Morgan fingerprint density at radius 3 is 2.35 bits per heavy atom. The van der Waals surface area contributed by atoms with Gasteiger partial charge in [0.15, 0.2) is 5.65 Å². The number of nitrogens with zero attached hydrogens (tertiary/aromatic N) is 2.